The monoisotopic (exact) mass is 271 g/mol. The Kier molecular flexibility index (Phi) is 3.28. The minimum atomic E-state index is -0.485. The molecule has 0 spiro atoms. The van der Waals surface area contributed by atoms with Crippen molar-refractivity contribution in [1.82, 2.24) is 10.3 Å². The molecule has 3 rings (SSSR count). The van der Waals surface area contributed by atoms with Crippen LogP contribution in [0.5, 0.6) is 0 Å². The van der Waals surface area contributed by atoms with Crippen molar-refractivity contribution >= 4 is 11.7 Å². The smallest absolute Gasteiger partial charge is 0.312 e. The third-order valence-electron chi connectivity index (χ3n) is 3.18. The van der Waals surface area contributed by atoms with Gasteiger partial charge in [0, 0.05) is 0 Å². The Morgan fingerprint density at radius 1 is 1.25 bits per heavy atom. The second kappa shape index (κ2) is 5.24. The summed E-state index contributed by atoms with van der Waals surface area (Å²) in [6.45, 7) is 1.95. The molecule has 20 heavy (non-hydrogen) atoms. The van der Waals surface area contributed by atoms with Crippen LogP contribution < -0.4 is 0 Å². The molecule has 0 saturated heterocycles. The molecule has 0 N–H and O–H groups in total. The van der Waals surface area contributed by atoms with Gasteiger partial charge < -0.3 is 4.84 Å². The first-order valence-corrected chi connectivity index (χ1v) is 6.41. The Morgan fingerprint density at radius 3 is 2.85 bits per heavy atom. The van der Waals surface area contributed by atoms with Crippen LogP contribution in [0.1, 0.15) is 40.2 Å². The molecule has 6 heteroatoms. The van der Waals surface area contributed by atoms with Crippen LogP contribution in [0.2, 0.25) is 0 Å². The number of fused-ring (bicyclic) bond motifs is 1. The molecule has 2 aromatic rings. The van der Waals surface area contributed by atoms with Gasteiger partial charge in [0.2, 0.25) is 0 Å². The number of hydrogen-bond donors (Lipinski definition) is 0. The van der Waals surface area contributed by atoms with Crippen LogP contribution in [0.4, 0.5) is 0 Å². The van der Waals surface area contributed by atoms with Crippen molar-refractivity contribution in [3.8, 4) is 0 Å². The van der Waals surface area contributed by atoms with Crippen molar-refractivity contribution in [2.24, 2.45) is 5.16 Å². The van der Waals surface area contributed by atoms with E-state index in [4.69, 9.17) is 4.84 Å². The van der Waals surface area contributed by atoms with Crippen molar-refractivity contribution in [2.45, 2.75) is 26.2 Å². The molecule has 0 unspecified atom stereocenters. The van der Waals surface area contributed by atoms with E-state index >= 15 is 0 Å². The number of oxime groups is 1. The summed E-state index contributed by atoms with van der Waals surface area (Å²) >= 11 is 0. The minimum absolute atomic E-state index is 0.467. The van der Waals surface area contributed by atoms with Crippen molar-refractivity contribution in [3.05, 3.63) is 46.8 Å². The van der Waals surface area contributed by atoms with E-state index < -0.39 is 5.97 Å². The fourth-order valence-corrected chi connectivity index (χ4v) is 2.06. The second-order valence-electron chi connectivity index (χ2n) is 4.70. The van der Waals surface area contributed by atoms with Crippen LogP contribution in [0.15, 0.2) is 34.1 Å². The number of carbonyl (C=O) groups is 1. The predicted molar refractivity (Wildman–Crippen MR) is 70.4 cm³/mol. The molecule has 1 aromatic heterocycles. The molecule has 0 atom stereocenters. The summed E-state index contributed by atoms with van der Waals surface area (Å²) in [5.74, 6) is -0.485. The fraction of sp³-hybridized carbons (Fsp3) is 0.286. The fourth-order valence-electron chi connectivity index (χ4n) is 2.06. The number of hydrogen-bond acceptors (Lipinski definition) is 6. The Labute approximate surface area is 115 Å². The Balaban J connectivity index is 1.75. The maximum atomic E-state index is 11.9. The third-order valence-corrected chi connectivity index (χ3v) is 3.18. The molecule has 1 aromatic carbocycles. The highest BCUT2D eigenvalue weighted by atomic mass is 16.7. The van der Waals surface area contributed by atoms with Crippen molar-refractivity contribution in [1.29, 1.82) is 0 Å². The topological polar surface area (TPSA) is 77.6 Å². The Bertz CT molecular complexity index is 659. The average Bonchev–Trinajstić information content (AvgIpc) is 2.94. The number of aryl methyl sites for hydroxylation is 2. The number of benzene rings is 1. The van der Waals surface area contributed by atoms with Crippen LogP contribution >= 0.6 is 0 Å². The summed E-state index contributed by atoms with van der Waals surface area (Å²) in [5.41, 5.74) is 3.51. The zero-order valence-electron chi connectivity index (χ0n) is 11.0. The molecule has 0 aliphatic heterocycles. The van der Waals surface area contributed by atoms with Gasteiger partial charge in [0.05, 0.1) is 5.56 Å². The SMILES string of the molecule is Cc1ccc(C(=O)O/N=C2/CCCc3nonc32)cc1. The zero-order chi connectivity index (χ0) is 13.9. The first kappa shape index (κ1) is 12.5. The standard InChI is InChI=1S/C14H13N3O3/c1-9-5-7-10(8-6-9)14(18)19-15-11-3-2-4-12-13(11)17-20-16-12/h5-8H,2-4H2,1H3/b15-11-. The van der Waals surface area contributed by atoms with Gasteiger partial charge in [-0.05, 0) is 43.5 Å². The summed E-state index contributed by atoms with van der Waals surface area (Å²) in [4.78, 5) is 16.8. The maximum absolute atomic E-state index is 11.9. The largest absolute Gasteiger partial charge is 0.365 e. The predicted octanol–water partition coefficient (Wildman–Crippen LogP) is 2.28. The van der Waals surface area contributed by atoms with Gasteiger partial charge in [-0.15, -0.1) is 0 Å². The highest BCUT2D eigenvalue weighted by molar-refractivity contribution is 6.00. The lowest BCUT2D eigenvalue weighted by Crippen LogP contribution is -2.13. The molecule has 0 radical (unpaired) electrons. The summed E-state index contributed by atoms with van der Waals surface area (Å²) in [6.07, 6.45) is 2.40. The zero-order valence-corrected chi connectivity index (χ0v) is 11.0. The van der Waals surface area contributed by atoms with Gasteiger partial charge in [0.1, 0.15) is 11.4 Å². The summed E-state index contributed by atoms with van der Waals surface area (Å²) in [5, 5.41) is 11.5. The van der Waals surface area contributed by atoms with Crippen LogP contribution in [0.25, 0.3) is 0 Å². The normalized spacial score (nSPS) is 15.9. The van der Waals surface area contributed by atoms with Crippen LogP contribution in [-0.4, -0.2) is 22.0 Å². The molecule has 0 bridgehead atoms. The van der Waals surface area contributed by atoms with Gasteiger partial charge in [-0.25, -0.2) is 9.42 Å². The molecular weight excluding hydrogens is 258 g/mol. The average molecular weight is 271 g/mol. The highest BCUT2D eigenvalue weighted by Gasteiger charge is 2.22. The van der Waals surface area contributed by atoms with E-state index in [1.165, 1.54) is 0 Å². The lowest BCUT2D eigenvalue weighted by atomic mass is 9.99. The molecule has 0 saturated carbocycles. The highest BCUT2D eigenvalue weighted by Crippen LogP contribution is 2.18. The molecular formula is C14H13N3O3. The van der Waals surface area contributed by atoms with E-state index in [0.29, 0.717) is 23.4 Å². The van der Waals surface area contributed by atoms with Crippen molar-refractivity contribution in [2.75, 3.05) is 0 Å². The van der Waals surface area contributed by atoms with E-state index in [1.807, 2.05) is 19.1 Å². The first-order valence-electron chi connectivity index (χ1n) is 6.41. The van der Waals surface area contributed by atoms with Crippen molar-refractivity contribution < 1.29 is 14.3 Å². The molecule has 102 valence electrons. The Hall–Kier alpha value is -2.50. The van der Waals surface area contributed by atoms with Crippen LogP contribution in [0.3, 0.4) is 0 Å². The number of aromatic nitrogens is 2. The summed E-state index contributed by atoms with van der Waals surface area (Å²) < 4.78 is 4.68. The number of carbonyl (C=O) groups excluding carboxylic acids is 1. The van der Waals surface area contributed by atoms with Gasteiger partial charge in [0.15, 0.2) is 5.69 Å². The van der Waals surface area contributed by atoms with E-state index in [2.05, 4.69) is 20.1 Å². The van der Waals surface area contributed by atoms with Gasteiger partial charge in [-0.2, -0.15) is 0 Å². The number of rotatable bonds is 2. The van der Waals surface area contributed by atoms with Gasteiger partial charge >= 0.3 is 5.97 Å². The second-order valence-corrected chi connectivity index (χ2v) is 4.70. The van der Waals surface area contributed by atoms with E-state index in [9.17, 15) is 4.79 Å². The van der Waals surface area contributed by atoms with Gasteiger partial charge in [-0.1, -0.05) is 28.0 Å². The molecule has 0 amide bonds. The first-order chi connectivity index (χ1) is 9.74. The Morgan fingerprint density at radius 2 is 2.05 bits per heavy atom. The van der Waals surface area contributed by atoms with Gasteiger partial charge in [-0.3, -0.25) is 0 Å². The van der Waals surface area contributed by atoms with Crippen LogP contribution in [0, 0.1) is 6.92 Å². The molecule has 1 aliphatic carbocycles. The molecule has 6 nitrogen and oxygen atoms in total. The summed E-state index contributed by atoms with van der Waals surface area (Å²) in [6, 6.07) is 7.12. The number of nitrogens with zero attached hydrogens (tertiary/aromatic N) is 3. The molecule has 0 fully saturated rings. The van der Waals surface area contributed by atoms with Crippen molar-refractivity contribution in [3.63, 3.8) is 0 Å². The quantitative estimate of drug-likeness (QED) is 0.618. The minimum Gasteiger partial charge on any atom is -0.312 e. The third kappa shape index (κ3) is 2.45. The molecule has 1 heterocycles. The van der Waals surface area contributed by atoms with Crippen LogP contribution in [-0.2, 0) is 11.3 Å². The van der Waals surface area contributed by atoms with Gasteiger partial charge in [0.25, 0.3) is 0 Å². The lowest BCUT2D eigenvalue weighted by Gasteiger charge is -2.08. The lowest BCUT2D eigenvalue weighted by molar-refractivity contribution is 0.0515. The van der Waals surface area contributed by atoms with E-state index in [-0.39, 0.29) is 0 Å². The maximum Gasteiger partial charge on any atom is 0.365 e. The summed E-state index contributed by atoms with van der Waals surface area (Å²) in [7, 11) is 0. The molecule has 1 aliphatic rings. The van der Waals surface area contributed by atoms with E-state index in [1.54, 1.807) is 12.1 Å². The van der Waals surface area contributed by atoms with E-state index in [0.717, 1.165) is 24.1 Å².